The van der Waals surface area contributed by atoms with Gasteiger partial charge in [-0.3, -0.25) is 0 Å². The standard InChI is InChI=1S/C39H19N5Se/c1-42-25-8-13-37-31(18-25)28-4-2-3-5-34(28)43(37)26-9-14-38-32(19-26)33-20-27(10-15-39(33)45-38)44-35-11-6-23(21-40)16-29(35)30-17-24(22-41)7-12-36(30)44/h2-20H. The first kappa shape index (κ1) is 25.4. The van der Waals surface area contributed by atoms with E-state index in [1.54, 1.807) is 0 Å². The van der Waals surface area contributed by atoms with Gasteiger partial charge < -0.3 is 0 Å². The molecule has 0 bridgehead atoms. The van der Waals surface area contributed by atoms with Crippen molar-refractivity contribution >= 4 is 83.1 Å². The van der Waals surface area contributed by atoms with Crippen LogP contribution in [0.25, 0.3) is 79.1 Å². The van der Waals surface area contributed by atoms with Gasteiger partial charge in [0.1, 0.15) is 0 Å². The maximum atomic E-state index is 9.60. The molecule has 9 aromatic rings. The Morgan fingerprint density at radius 2 is 1.02 bits per heavy atom. The number of aromatic nitrogens is 2. The molecule has 0 spiro atoms. The zero-order chi connectivity index (χ0) is 30.2. The van der Waals surface area contributed by atoms with E-state index in [4.69, 9.17) is 6.57 Å². The Morgan fingerprint density at radius 3 is 1.58 bits per heavy atom. The van der Waals surface area contributed by atoms with Crippen LogP contribution in [0.3, 0.4) is 0 Å². The van der Waals surface area contributed by atoms with Crippen LogP contribution < -0.4 is 0 Å². The van der Waals surface area contributed by atoms with Crippen LogP contribution >= 0.6 is 0 Å². The number of fused-ring (bicyclic) bond motifs is 9. The number of benzene rings is 6. The first-order chi connectivity index (χ1) is 22.1. The molecular weight excluding hydrogens is 617 g/mol. The molecule has 0 N–H and O–H groups in total. The Morgan fingerprint density at radius 1 is 0.511 bits per heavy atom. The number of para-hydroxylation sites is 1. The fourth-order valence-electron chi connectivity index (χ4n) is 6.78. The van der Waals surface area contributed by atoms with E-state index < -0.39 is 0 Å². The second kappa shape index (κ2) is 9.45. The van der Waals surface area contributed by atoms with Gasteiger partial charge in [0.15, 0.2) is 0 Å². The Labute approximate surface area is 263 Å². The minimum atomic E-state index is 0.192. The van der Waals surface area contributed by atoms with Gasteiger partial charge in [-0.1, -0.05) is 0 Å². The summed E-state index contributed by atoms with van der Waals surface area (Å²) in [5.74, 6) is 0. The van der Waals surface area contributed by atoms with E-state index in [1.807, 2.05) is 48.5 Å². The minimum absolute atomic E-state index is 0.192. The summed E-state index contributed by atoms with van der Waals surface area (Å²) in [4.78, 5) is 3.68. The SMILES string of the molecule is [C-]#[N+]c1ccc2c(c1)c1ccccc1n2-c1ccc2[se]c3ccc(-n4c5ccc(C#N)cc5c5cc(C#N)ccc54)cc3c2c1. The predicted octanol–water partition coefficient (Wildman–Crippen LogP) is 9.54. The van der Waals surface area contributed by atoms with Crippen molar-refractivity contribution in [2.75, 3.05) is 0 Å². The van der Waals surface area contributed by atoms with Gasteiger partial charge in [0.25, 0.3) is 0 Å². The van der Waals surface area contributed by atoms with E-state index in [9.17, 15) is 10.5 Å². The summed E-state index contributed by atoms with van der Waals surface area (Å²) in [5.41, 5.74) is 8.16. The molecule has 206 valence electrons. The molecular formula is C39H19N5Se. The van der Waals surface area contributed by atoms with Crippen LogP contribution in [0.4, 0.5) is 5.69 Å². The van der Waals surface area contributed by atoms with Gasteiger partial charge in [0.2, 0.25) is 0 Å². The Hall–Kier alpha value is -6.09. The van der Waals surface area contributed by atoms with Crippen molar-refractivity contribution in [2.45, 2.75) is 0 Å². The van der Waals surface area contributed by atoms with E-state index in [1.165, 1.54) is 19.3 Å². The second-order valence-corrected chi connectivity index (χ2v) is 13.4. The molecule has 0 aliphatic heterocycles. The average Bonchev–Trinajstić information content (AvgIpc) is 3.74. The van der Waals surface area contributed by atoms with Gasteiger partial charge in [0, 0.05) is 0 Å². The van der Waals surface area contributed by atoms with E-state index >= 15 is 0 Å². The molecule has 3 heterocycles. The summed E-state index contributed by atoms with van der Waals surface area (Å²) in [6.45, 7) is 7.54. The summed E-state index contributed by atoms with van der Waals surface area (Å²) >= 11 is 0.192. The third-order valence-corrected chi connectivity index (χ3v) is 11.2. The molecule has 0 saturated carbocycles. The van der Waals surface area contributed by atoms with E-state index in [0.717, 1.165) is 55.0 Å². The molecule has 6 heteroatoms. The van der Waals surface area contributed by atoms with Crippen molar-refractivity contribution in [3.05, 3.63) is 138 Å². The van der Waals surface area contributed by atoms with Gasteiger partial charge in [0.05, 0.1) is 0 Å². The number of rotatable bonds is 2. The molecule has 0 unspecified atom stereocenters. The predicted molar refractivity (Wildman–Crippen MR) is 183 cm³/mol. The molecule has 0 atom stereocenters. The monoisotopic (exact) mass is 637 g/mol. The normalized spacial score (nSPS) is 11.5. The summed E-state index contributed by atoms with van der Waals surface area (Å²) in [6, 6.07) is 43.9. The topological polar surface area (TPSA) is 61.8 Å². The molecule has 0 saturated heterocycles. The van der Waals surface area contributed by atoms with Crippen LogP contribution in [0.2, 0.25) is 0 Å². The van der Waals surface area contributed by atoms with Crippen molar-refractivity contribution in [1.82, 2.24) is 9.13 Å². The van der Waals surface area contributed by atoms with Crippen molar-refractivity contribution in [3.63, 3.8) is 0 Å². The first-order valence-corrected chi connectivity index (χ1v) is 16.1. The van der Waals surface area contributed by atoms with E-state index in [2.05, 4.69) is 92.8 Å². The fourth-order valence-corrected chi connectivity index (χ4v) is 9.02. The van der Waals surface area contributed by atoms with Crippen molar-refractivity contribution in [1.29, 1.82) is 10.5 Å². The van der Waals surface area contributed by atoms with Gasteiger partial charge >= 0.3 is 264 Å². The quantitative estimate of drug-likeness (QED) is 0.140. The molecule has 5 nitrogen and oxygen atoms in total. The van der Waals surface area contributed by atoms with E-state index in [-0.39, 0.29) is 14.5 Å². The third-order valence-electron chi connectivity index (χ3n) is 8.76. The molecule has 0 amide bonds. The third kappa shape index (κ3) is 3.64. The van der Waals surface area contributed by atoms with Gasteiger partial charge in [-0.25, -0.2) is 0 Å². The zero-order valence-electron chi connectivity index (χ0n) is 23.6. The van der Waals surface area contributed by atoms with Crippen LogP contribution in [0.5, 0.6) is 0 Å². The first-order valence-electron chi connectivity index (χ1n) is 14.4. The Balaban J connectivity index is 1.30. The molecule has 0 aliphatic rings. The number of hydrogen-bond acceptors (Lipinski definition) is 2. The van der Waals surface area contributed by atoms with Gasteiger partial charge in [-0.2, -0.15) is 0 Å². The second-order valence-electron chi connectivity index (χ2n) is 11.2. The van der Waals surface area contributed by atoms with E-state index in [0.29, 0.717) is 16.8 Å². The summed E-state index contributed by atoms with van der Waals surface area (Å²) in [5, 5.41) is 25.8. The van der Waals surface area contributed by atoms with Crippen molar-refractivity contribution in [3.8, 4) is 23.5 Å². The van der Waals surface area contributed by atoms with Gasteiger partial charge in [-0.05, 0) is 0 Å². The number of hydrogen-bond donors (Lipinski definition) is 0. The van der Waals surface area contributed by atoms with Crippen LogP contribution in [-0.2, 0) is 0 Å². The fraction of sp³-hybridized carbons (Fsp3) is 0. The Kier molecular flexibility index (Phi) is 5.34. The molecule has 0 fully saturated rings. The molecule has 45 heavy (non-hydrogen) atoms. The molecule has 6 aromatic carbocycles. The van der Waals surface area contributed by atoms with Crippen LogP contribution in [0.1, 0.15) is 11.1 Å². The van der Waals surface area contributed by atoms with Crippen LogP contribution in [0, 0.1) is 29.2 Å². The number of nitrogens with zero attached hydrogens (tertiary/aromatic N) is 5. The molecule has 9 rings (SSSR count). The summed E-state index contributed by atoms with van der Waals surface area (Å²) in [6.07, 6.45) is 0. The van der Waals surface area contributed by atoms with Gasteiger partial charge in [-0.15, -0.1) is 0 Å². The van der Waals surface area contributed by atoms with Crippen molar-refractivity contribution < 1.29 is 0 Å². The number of nitriles is 2. The molecule has 0 radical (unpaired) electrons. The zero-order valence-corrected chi connectivity index (χ0v) is 25.3. The van der Waals surface area contributed by atoms with Crippen molar-refractivity contribution in [2.24, 2.45) is 0 Å². The Bertz CT molecular complexity index is 2790. The average molecular weight is 637 g/mol. The summed E-state index contributed by atoms with van der Waals surface area (Å²) < 4.78 is 7.25. The molecule has 0 aliphatic carbocycles. The maximum absolute atomic E-state index is 9.60. The van der Waals surface area contributed by atoms with Crippen LogP contribution in [-0.4, -0.2) is 23.6 Å². The summed E-state index contributed by atoms with van der Waals surface area (Å²) in [7, 11) is 0. The van der Waals surface area contributed by atoms with Crippen LogP contribution in [0.15, 0.2) is 115 Å². The molecule has 3 aromatic heterocycles.